The van der Waals surface area contributed by atoms with Gasteiger partial charge in [0.15, 0.2) is 10.8 Å². The number of para-hydroxylation sites is 1. The second kappa shape index (κ2) is 8.16. The van der Waals surface area contributed by atoms with Gasteiger partial charge in [-0.2, -0.15) is 0 Å². The number of anilines is 1. The topological polar surface area (TPSA) is 92.5 Å². The number of fused-ring (bicyclic) bond motifs is 2. The number of thiazole rings is 1. The molecule has 164 valence electrons. The lowest BCUT2D eigenvalue weighted by molar-refractivity contribution is -0.116. The number of aromatic nitrogens is 1. The summed E-state index contributed by atoms with van der Waals surface area (Å²) in [5, 5.41) is 0.755. The molecule has 32 heavy (non-hydrogen) atoms. The van der Waals surface area contributed by atoms with Gasteiger partial charge in [-0.15, -0.1) is 11.3 Å². The van der Waals surface area contributed by atoms with E-state index in [1.54, 1.807) is 29.2 Å². The summed E-state index contributed by atoms with van der Waals surface area (Å²) in [5.41, 5.74) is 2.56. The molecule has 3 heterocycles. The van der Waals surface area contributed by atoms with E-state index in [1.165, 1.54) is 24.3 Å². The highest BCUT2D eigenvalue weighted by Gasteiger charge is 2.23. The first-order chi connectivity index (χ1) is 15.4. The van der Waals surface area contributed by atoms with Gasteiger partial charge < -0.3 is 9.32 Å². The minimum atomic E-state index is -3.73. The van der Waals surface area contributed by atoms with Crippen LogP contribution in [-0.2, 0) is 27.8 Å². The lowest BCUT2D eigenvalue weighted by atomic mass is 10.0. The molecule has 1 amide bonds. The first kappa shape index (κ1) is 20.9. The van der Waals surface area contributed by atoms with E-state index >= 15 is 0 Å². The van der Waals surface area contributed by atoms with Gasteiger partial charge in [-0.3, -0.25) is 4.79 Å². The van der Waals surface area contributed by atoms with Gasteiger partial charge in [0.2, 0.25) is 15.9 Å². The summed E-state index contributed by atoms with van der Waals surface area (Å²) in [7, 11) is -3.73. The van der Waals surface area contributed by atoms with Gasteiger partial charge in [0.1, 0.15) is 5.76 Å². The van der Waals surface area contributed by atoms with Crippen molar-refractivity contribution in [3.05, 3.63) is 65.9 Å². The summed E-state index contributed by atoms with van der Waals surface area (Å²) in [5.74, 6) is 1.07. The SMILES string of the molecule is CC(=O)N1CCCc2cc(S(=O)(=O)NCc3ccc(-c4nc5ccccc5s4)o3)ccc21. The zero-order valence-corrected chi connectivity index (χ0v) is 19.0. The van der Waals surface area contributed by atoms with E-state index in [0.29, 0.717) is 18.1 Å². The van der Waals surface area contributed by atoms with Crippen molar-refractivity contribution in [2.24, 2.45) is 0 Å². The van der Waals surface area contributed by atoms with Crippen LogP contribution in [0.4, 0.5) is 5.69 Å². The Morgan fingerprint density at radius 1 is 1.19 bits per heavy atom. The van der Waals surface area contributed by atoms with E-state index in [2.05, 4.69) is 9.71 Å². The number of carbonyl (C=O) groups excluding carboxylic acids is 1. The molecule has 0 unspecified atom stereocenters. The Morgan fingerprint density at radius 3 is 2.84 bits per heavy atom. The number of carbonyl (C=O) groups is 1. The monoisotopic (exact) mass is 467 g/mol. The Balaban J connectivity index is 1.32. The summed E-state index contributed by atoms with van der Waals surface area (Å²) < 4.78 is 35.2. The molecule has 0 aliphatic carbocycles. The molecule has 0 radical (unpaired) electrons. The second-order valence-electron chi connectivity index (χ2n) is 7.64. The standard InChI is InChI=1S/C23H21N3O4S2/c1-15(27)26-12-4-5-16-13-18(9-10-20(16)26)32(28,29)24-14-17-8-11-21(30-17)23-25-19-6-2-3-7-22(19)31-23/h2-3,6-11,13,24H,4-5,12,14H2,1H3. The summed E-state index contributed by atoms with van der Waals surface area (Å²) >= 11 is 1.53. The van der Waals surface area contributed by atoms with Crippen LogP contribution in [-0.4, -0.2) is 25.9 Å². The number of sulfonamides is 1. The fourth-order valence-corrected chi connectivity index (χ4v) is 5.85. The molecule has 0 saturated carbocycles. The minimum absolute atomic E-state index is 0.0316. The average Bonchev–Trinajstić information content (AvgIpc) is 3.43. The lowest BCUT2D eigenvalue weighted by Crippen LogP contribution is -2.33. The Labute approximate surface area is 189 Å². The van der Waals surface area contributed by atoms with Crippen LogP contribution in [0.1, 0.15) is 24.7 Å². The van der Waals surface area contributed by atoms with Gasteiger partial charge in [0.05, 0.1) is 21.7 Å². The maximum atomic E-state index is 12.9. The molecule has 9 heteroatoms. The molecule has 1 aliphatic rings. The van der Waals surface area contributed by atoms with Crippen molar-refractivity contribution in [1.82, 2.24) is 9.71 Å². The third-order valence-corrected chi connectivity index (χ3v) is 7.91. The summed E-state index contributed by atoms with van der Waals surface area (Å²) in [6.07, 6.45) is 1.55. The molecule has 1 aliphatic heterocycles. The fourth-order valence-electron chi connectivity index (χ4n) is 3.88. The predicted octanol–water partition coefficient (Wildman–Crippen LogP) is 4.33. The van der Waals surface area contributed by atoms with Crippen molar-refractivity contribution >= 4 is 43.2 Å². The second-order valence-corrected chi connectivity index (χ2v) is 10.4. The molecule has 7 nitrogen and oxygen atoms in total. The van der Waals surface area contributed by atoms with Crippen molar-refractivity contribution in [3.8, 4) is 10.8 Å². The lowest BCUT2D eigenvalue weighted by Gasteiger charge is -2.28. The molecule has 2 aromatic carbocycles. The normalized spacial score (nSPS) is 14.0. The predicted molar refractivity (Wildman–Crippen MR) is 124 cm³/mol. The molecule has 4 aromatic rings. The zero-order chi connectivity index (χ0) is 22.3. The van der Waals surface area contributed by atoms with Crippen LogP contribution in [0.15, 0.2) is 63.9 Å². The van der Waals surface area contributed by atoms with Crippen LogP contribution in [0, 0.1) is 0 Å². The van der Waals surface area contributed by atoms with Crippen LogP contribution < -0.4 is 9.62 Å². The van der Waals surface area contributed by atoms with E-state index in [0.717, 1.165) is 39.3 Å². The Morgan fingerprint density at radius 2 is 2.03 bits per heavy atom. The molecule has 1 N–H and O–H groups in total. The van der Waals surface area contributed by atoms with Gasteiger partial charge in [-0.05, 0) is 60.9 Å². The molecule has 0 bridgehead atoms. The van der Waals surface area contributed by atoms with Gasteiger partial charge in [-0.25, -0.2) is 18.1 Å². The quantitative estimate of drug-likeness (QED) is 0.472. The molecule has 5 rings (SSSR count). The largest absolute Gasteiger partial charge is 0.457 e. The Bertz CT molecular complexity index is 1390. The molecular formula is C23H21N3O4S2. The van der Waals surface area contributed by atoms with Gasteiger partial charge in [0, 0.05) is 19.2 Å². The molecule has 2 aromatic heterocycles. The molecule has 0 saturated heterocycles. The minimum Gasteiger partial charge on any atom is -0.457 e. The smallest absolute Gasteiger partial charge is 0.240 e. The number of hydrogen-bond donors (Lipinski definition) is 1. The first-order valence-corrected chi connectivity index (χ1v) is 12.6. The number of furan rings is 1. The molecule has 0 spiro atoms. The van der Waals surface area contributed by atoms with E-state index in [1.807, 2.05) is 24.3 Å². The first-order valence-electron chi connectivity index (χ1n) is 10.3. The number of aryl methyl sites for hydroxylation is 1. The molecule has 0 atom stereocenters. The number of nitrogens with one attached hydrogen (secondary N) is 1. The van der Waals surface area contributed by atoms with E-state index in [9.17, 15) is 13.2 Å². The van der Waals surface area contributed by atoms with Crippen molar-refractivity contribution in [1.29, 1.82) is 0 Å². The Kier molecular flexibility index (Phi) is 5.32. The van der Waals surface area contributed by atoms with Gasteiger partial charge >= 0.3 is 0 Å². The summed E-state index contributed by atoms with van der Waals surface area (Å²) in [6, 6.07) is 16.3. The van der Waals surface area contributed by atoms with E-state index in [-0.39, 0.29) is 17.3 Å². The zero-order valence-electron chi connectivity index (χ0n) is 17.4. The average molecular weight is 468 g/mol. The third kappa shape index (κ3) is 3.94. The molecule has 0 fully saturated rings. The maximum absolute atomic E-state index is 12.9. The van der Waals surface area contributed by atoms with Crippen molar-refractivity contribution in [2.45, 2.75) is 31.2 Å². The number of hydrogen-bond acceptors (Lipinski definition) is 6. The highest BCUT2D eigenvalue weighted by molar-refractivity contribution is 7.89. The molecular weight excluding hydrogens is 446 g/mol. The highest BCUT2D eigenvalue weighted by atomic mass is 32.2. The third-order valence-electron chi connectivity index (χ3n) is 5.46. The maximum Gasteiger partial charge on any atom is 0.240 e. The van der Waals surface area contributed by atoms with E-state index < -0.39 is 10.0 Å². The number of amides is 1. The number of rotatable bonds is 5. The van der Waals surface area contributed by atoms with Crippen LogP contribution in [0.3, 0.4) is 0 Å². The van der Waals surface area contributed by atoms with Crippen molar-refractivity contribution < 1.29 is 17.6 Å². The van der Waals surface area contributed by atoms with E-state index in [4.69, 9.17) is 4.42 Å². The van der Waals surface area contributed by atoms with Crippen LogP contribution in [0.25, 0.3) is 21.0 Å². The van der Waals surface area contributed by atoms with Crippen LogP contribution in [0.2, 0.25) is 0 Å². The van der Waals surface area contributed by atoms with Crippen molar-refractivity contribution in [2.75, 3.05) is 11.4 Å². The fraction of sp³-hybridized carbons (Fsp3) is 0.217. The van der Waals surface area contributed by atoms with Crippen molar-refractivity contribution in [3.63, 3.8) is 0 Å². The Hall–Kier alpha value is -3.01. The summed E-state index contributed by atoms with van der Waals surface area (Å²) in [6.45, 7) is 2.21. The number of nitrogens with zero attached hydrogens (tertiary/aromatic N) is 2. The highest BCUT2D eigenvalue weighted by Crippen LogP contribution is 2.32. The van der Waals surface area contributed by atoms with Crippen LogP contribution in [0.5, 0.6) is 0 Å². The van der Waals surface area contributed by atoms with Crippen LogP contribution >= 0.6 is 11.3 Å². The summed E-state index contributed by atoms with van der Waals surface area (Å²) in [4.78, 5) is 18.3. The van der Waals surface area contributed by atoms with Gasteiger partial charge in [0.25, 0.3) is 0 Å². The van der Waals surface area contributed by atoms with Gasteiger partial charge in [-0.1, -0.05) is 12.1 Å². The number of benzene rings is 2.